The van der Waals surface area contributed by atoms with Crippen molar-refractivity contribution in [3.8, 4) is 0 Å². The van der Waals surface area contributed by atoms with Gasteiger partial charge in [0.2, 0.25) is 0 Å². The highest BCUT2D eigenvalue weighted by molar-refractivity contribution is 6.29. The maximum Gasteiger partial charge on any atom is 0.406 e. The number of pyridine rings is 1. The molecule has 0 saturated heterocycles. The number of carbonyl (C=O) groups excluding carboxylic acids is 2. The van der Waals surface area contributed by atoms with E-state index in [-0.39, 0.29) is 18.0 Å². The molecule has 3 N–H and O–H groups in total. The standard InChI is InChI=1S/C20H29ClN4O3/c1-12-3-5-14(6-4-12)25-19(26)16-11-22-18(21)9-17(16)24-15-7-13(8-15)10-23-20(27)28-2/h9,11-15H,3-8,10H2,1-2H3,(H,22,24)(H,23,27)(H,25,26). The van der Waals surface area contributed by atoms with Gasteiger partial charge in [-0.25, -0.2) is 9.78 Å². The number of hydrogen-bond donors (Lipinski definition) is 3. The molecule has 2 amide bonds. The van der Waals surface area contributed by atoms with Crippen LogP contribution in [0.3, 0.4) is 0 Å². The first-order valence-corrected chi connectivity index (χ1v) is 10.4. The molecule has 0 aliphatic heterocycles. The number of halogens is 1. The Morgan fingerprint density at radius 3 is 2.61 bits per heavy atom. The first-order chi connectivity index (χ1) is 13.4. The average Bonchev–Trinajstić information content (AvgIpc) is 2.65. The summed E-state index contributed by atoms with van der Waals surface area (Å²) in [7, 11) is 1.36. The number of amides is 2. The molecule has 1 heterocycles. The highest BCUT2D eigenvalue weighted by Gasteiger charge is 2.30. The third kappa shape index (κ3) is 5.50. The zero-order valence-corrected chi connectivity index (χ0v) is 17.2. The minimum absolute atomic E-state index is 0.102. The van der Waals surface area contributed by atoms with Crippen LogP contribution in [-0.2, 0) is 4.74 Å². The van der Waals surface area contributed by atoms with Gasteiger partial charge in [0.25, 0.3) is 5.91 Å². The summed E-state index contributed by atoms with van der Waals surface area (Å²) in [5, 5.41) is 9.64. The van der Waals surface area contributed by atoms with E-state index in [9.17, 15) is 9.59 Å². The van der Waals surface area contributed by atoms with E-state index in [1.165, 1.54) is 7.11 Å². The van der Waals surface area contributed by atoms with Crippen LogP contribution in [0.5, 0.6) is 0 Å². The summed E-state index contributed by atoms with van der Waals surface area (Å²) in [5.41, 5.74) is 1.24. The minimum Gasteiger partial charge on any atom is -0.453 e. The smallest absolute Gasteiger partial charge is 0.406 e. The number of hydrogen-bond acceptors (Lipinski definition) is 5. The van der Waals surface area contributed by atoms with Gasteiger partial charge >= 0.3 is 6.09 Å². The van der Waals surface area contributed by atoms with Crippen molar-refractivity contribution >= 4 is 29.3 Å². The van der Waals surface area contributed by atoms with E-state index in [1.807, 2.05) is 0 Å². The molecule has 2 aliphatic rings. The van der Waals surface area contributed by atoms with E-state index in [1.54, 1.807) is 12.3 Å². The highest BCUT2D eigenvalue weighted by Crippen LogP contribution is 2.31. The Hall–Kier alpha value is -2.02. The average molecular weight is 409 g/mol. The molecule has 2 fully saturated rings. The Labute approximate surface area is 171 Å². The molecular formula is C20H29ClN4O3. The maximum absolute atomic E-state index is 12.8. The fraction of sp³-hybridized carbons (Fsp3) is 0.650. The van der Waals surface area contributed by atoms with Crippen molar-refractivity contribution in [3.05, 3.63) is 23.0 Å². The Kier molecular flexibility index (Phi) is 6.99. The van der Waals surface area contributed by atoms with Crippen LogP contribution in [0.4, 0.5) is 10.5 Å². The van der Waals surface area contributed by atoms with E-state index < -0.39 is 6.09 Å². The van der Waals surface area contributed by atoms with Crippen LogP contribution in [0.25, 0.3) is 0 Å². The zero-order chi connectivity index (χ0) is 20.1. The summed E-state index contributed by atoms with van der Waals surface area (Å²) < 4.78 is 4.58. The normalized spacial score (nSPS) is 26.7. The van der Waals surface area contributed by atoms with Gasteiger partial charge in [0, 0.05) is 24.8 Å². The van der Waals surface area contributed by atoms with Crippen LogP contribution < -0.4 is 16.0 Å². The summed E-state index contributed by atoms with van der Waals surface area (Å²) in [6.07, 6.45) is 7.30. The summed E-state index contributed by atoms with van der Waals surface area (Å²) in [5.74, 6) is 1.03. The summed E-state index contributed by atoms with van der Waals surface area (Å²) in [6.45, 7) is 2.85. The molecule has 0 bridgehead atoms. The van der Waals surface area contributed by atoms with Crippen LogP contribution in [0.2, 0.25) is 5.15 Å². The quantitative estimate of drug-likeness (QED) is 0.625. The van der Waals surface area contributed by atoms with Gasteiger partial charge in [0.15, 0.2) is 0 Å². The molecule has 0 aromatic carbocycles. The van der Waals surface area contributed by atoms with Crippen LogP contribution in [-0.4, -0.2) is 42.7 Å². The van der Waals surface area contributed by atoms with Crippen molar-refractivity contribution in [2.75, 3.05) is 19.0 Å². The van der Waals surface area contributed by atoms with Crippen LogP contribution in [0.1, 0.15) is 55.8 Å². The van der Waals surface area contributed by atoms with Gasteiger partial charge in [-0.1, -0.05) is 18.5 Å². The molecule has 154 valence electrons. The predicted octanol–water partition coefficient (Wildman–Crippen LogP) is 3.59. The number of nitrogens with one attached hydrogen (secondary N) is 3. The van der Waals surface area contributed by atoms with Crippen LogP contribution >= 0.6 is 11.6 Å². The molecule has 0 spiro atoms. The second-order valence-corrected chi connectivity index (χ2v) is 8.42. The number of methoxy groups -OCH3 is 1. The Bertz CT molecular complexity index is 701. The molecule has 0 unspecified atom stereocenters. The van der Waals surface area contributed by atoms with Crippen LogP contribution in [0, 0.1) is 11.8 Å². The molecule has 7 nitrogen and oxygen atoms in total. The van der Waals surface area contributed by atoms with Gasteiger partial charge in [0.1, 0.15) is 5.15 Å². The van der Waals surface area contributed by atoms with E-state index in [2.05, 4.69) is 32.6 Å². The van der Waals surface area contributed by atoms with Crippen molar-refractivity contribution in [1.82, 2.24) is 15.6 Å². The molecule has 1 aromatic heterocycles. The Morgan fingerprint density at radius 1 is 1.21 bits per heavy atom. The maximum atomic E-state index is 12.8. The van der Waals surface area contributed by atoms with E-state index in [4.69, 9.17) is 11.6 Å². The molecule has 8 heteroatoms. The molecule has 1 aromatic rings. The molecule has 2 saturated carbocycles. The molecule has 0 atom stereocenters. The molecule has 3 rings (SSSR count). The van der Waals surface area contributed by atoms with Gasteiger partial charge < -0.3 is 20.7 Å². The predicted molar refractivity (Wildman–Crippen MR) is 109 cm³/mol. The van der Waals surface area contributed by atoms with Crippen molar-refractivity contribution < 1.29 is 14.3 Å². The monoisotopic (exact) mass is 408 g/mol. The van der Waals surface area contributed by atoms with Crippen molar-refractivity contribution in [3.63, 3.8) is 0 Å². The number of alkyl carbamates (subject to hydrolysis) is 1. The third-order valence-electron chi connectivity index (χ3n) is 5.78. The lowest BCUT2D eigenvalue weighted by molar-refractivity contribution is 0.0923. The first-order valence-electron chi connectivity index (χ1n) is 9.99. The number of ether oxygens (including phenoxy) is 1. The lowest BCUT2D eigenvalue weighted by Crippen LogP contribution is -2.42. The van der Waals surface area contributed by atoms with Crippen molar-refractivity contribution in [2.45, 2.75) is 57.5 Å². The SMILES string of the molecule is COC(=O)NCC1CC(Nc2cc(Cl)ncc2C(=O)NC2CCC(C)CC2)C1. The summed E-state index contributed by atoms with van der Waals surface area (Å²) >= 11 is 6.06. The number of anilines is 1. The Morgan fingerprint density at radius 2 is 1.93 bits per heavy atom. The zero-order valence-electron chi connectivity index (χ0n) is 16.5. The molecule has 28 heavy (non-hydrogen) atoms. The summed E-state index contributed by atoms with van der Waals surface area (Å²) in [4.78, 5) is 28.0. The minimum atomic E-state index is -0.409. The highest BCUT2D eigenvalue weighted by atomic mass is 35.5. The lowest BCUT2D eigenvalue weighted by atomic mass is 9.80. The van der Waals surface area contributed by atoms with Crippen molar-refractivity contribution in [2.24, 2.45) is 11.8 Å². The van der Waals surface area contributed by atoms with Gasteiger partial charge in [0.05, 0.1) is 18.4 Å². The fourth-order valence-corrected chi connectivity index (χ4v) is 4.10. The van der Waals surface area contributed by atoms with Crippen molar-refractivity contribution in [1.29, 1.82) is 0 Å². The molecular weight excluding hydrogens is 380 g/mol. The van der Waals surface area contributed by atoms with E-state index in [0.29, 0.717) is 28.9 Å². The Balaban J connectivity index is 1.54. The number of aromatic nitrogens is 1. The second-order valence-electron chi connectivity index (χ2n) is 8.03. The van der Waals surface area contributed by atoms with Gasteiger partial charge in [-0.05, 0) is 56.4 Å². The van der Waals surface area contributed by atoms with E-state index >= 15 is 0 Å². The van der Waals surface area contributed by atoms with Crippen LogP contribution in [0.15, 0.2) is 12.3 Å². The first kappa shape index (κ1) is 20.7. The van der Waals surface area contributed by atoms with Gasteiger partial charge in [-0.15, -0.1) is 0 Å². The summed E-state index contributed by atoms with van der Waals surface area (Å²) in [6, 6.07) is 2.18. The topological polar surface area (TPSA) is 92.3 Å². The van der Waals surface area contributed by atoms with E-state index in [0.717, 1.165) is 44.4 Å². The number of rotatable bonds is 6. The lowest BCUT2D eigenvalue weighted by Gasteiger charge is -2.37. The molecule has 2 aliphatic carbocycles. The number of nitrogens with zero attached hydrogens (tertiary/aromatic N) is 1. The largest absolute Gasteiger partial charge is 0.453 e. The third-order valence-corrected chi connectivity index (χ3v) is 5.99. The number of carbonyl (C=O) groups is 2. The van der Waals surface area contributed by atoms with Gasteiger partial charge in [-0.2, -0.15) is 0 Å². The van der Waals surface area contributed by atoms with Gasteiger partial charge in [-0.3, -0.25) is 4.79 Å². The molecule has 0 radical (unpaired) electrons. The second kappa shape index (κ2) is 9.45. The fourth-order valence-electron chi connectivity index (χ4n) is 3.94.